The van der Waals surface area contributed by atoms with E-state index in [4.69, 9.17) is 18.5 Å². The standard InChI is InChI=1S/C58H113O8P/c1-4-7-9-11-13-15-17-19-21-23-25-27-29-31-32-34-36-38-40-42-44-46-48-50-52-57(59)63-54-56(55-65-67(61,62)64-6-3)66-58(60)53-51-49-47-45-43-41-39-37-35-33-30-28-26-24-22-20-18-16-14-12-10-8-5-2/h24,26,56H,4-23,25,27-55H2,1-3H3,(H,61,62)/b26-24-. The molecule has 0 radical (unpaired) electrons. The van der Waals surface area contributed by atoms with Gasteiger partial charge in [0.15, 0.2) is 6.10 Å². The van der Waals surface area contributed by atoms with E-state index in [9.17, 15) is 19.0 Å². The van der Waals surface area contributed by atoms with Gasteiger partial charge < -0.3 is 14.4 Å². The summed E-state index contributed by atoms with van der Waals surface area (Å²) in [5.74, 6) is -0.776. The fraction of sp³-hybridized carbons (Fsp3) is 0.931. The summed E-state index contributed by atoms with van der Waals surface area (Å²) in [6.45, 7) is 5.56. The molecule has 0 aliphatic carbocycles. The molecule has 0 heterocycles. The van der Waals surface area contributed by atoms with Gasteiger partial charge in [-0.3, -0.25) is 18.6 Å². The fourth-order valence-electron chi connectivity index (χ4n) is 8.98. The van der Waals surface area contributed by atoms with Crippen LogP contribution in [-0.4, -0.2) is 42.8 Å². The van der Waals surface area contributed by atoms with Crippen LogP contribution >= 0.6 is 7.82 Å². The highest BCUT2D eigenvalue weighted by Gasteiger charge is 2.25. The highest BCUT2D eigenvalue weighted by molar-refractivity contribution is 7.47. The fourth-order valence-corrected chi connectivity index (χ4v) is 9.74. The van der Waals surface area contributed by atoms with Crippen LogP contribution in [0.5, 0.6) is 0 Å². The SMILES string of the molecule is CCCCCCCCCC/C=C\CCCCCCCCCCCCCC(=O)OC(COC(=O)CCCCCCCCCCCCCCCCCCCCCCCCCC)COP(=O)(O)OCC. The minimum atomic E-state index is -4.29. The van der Waals surface area contributed by atoms with Gasteiger partial charge in [0.2, 0.25) is 0 Å². The lowest BCUT2D eigenvalue weighted by atomic mass is 10.0. The zero-order valence-electron chi connectivity index (χ0n) is 44.8. The van der Waals surface area contributed by atoms with Crippen LogP contribution in [0, 0.1) is 0 Å². The smallest absolute Gasteiger partial charge is 0.462 e. The van der Waals surface area contributed by atoms with Crippen LogP contribution in [0.3, 0.4) is 0 Å². The molecule has 1 N–H and O–H groups in total. The van der Waals surface area contributed by atoms with E-state index in [0.29, 0.717) is 6.42 Å². The molecule has 0 saturated carbocycles. The quantitative estimate of drug-likeness (QED) is 0.0278. The van der Waals surface area contributed by atoms with Gasteiger partial charge in [-0.05, 0) is 45.4 Å². The Hall–Kier alpha value is -1.21. The predicted octanol–water partition coefficient (Wildman–Crippen LogP) is 19.5. The maximum atomic E-state index is 12.7. The van der Waals surface area contributed by atoms with E-state index in [2.05, 4.69) is 26.0 Å². The van der Waals surface area contributed by atoms with Crippen LogP contribution < -0.4 is 0 Å². The van der Waals surface area contributed by atoms with Crippen molar-refractivity contribution in [1.29, 1.82) is 0 Å². The number of esters is 2. The third-order valence-corrected chi connectivity index (χ3v) is 14.4. The van der Waals surface area contributed by atoms with Crippen molar-refractivity contribution in [2.24, 2.45) is 0 Å². The van der Waals surface area contributed by atoms with Gasteiger partial charge in [-0.1, -0.05) is 276 Å². The van der Waals surface area contributed by atoms with Crippen molar-refractivity contribution in [1.82, 2.24) is 0 Å². The molecule has 9 heteroatoms. The zero-order chi connectivity index (χ0) is 48.8. The Balaban J connectivity index is 3.85. The Labute approximate surface area is 416 Å². The molecule has 0 rings (SSSR count). The number of allylic oxidation sites excluding steroid dienone is 2. The van der Waals surface area contributed by atoms with Gasteiger partial charge in [-0.15, -0.1) is 0 Å². The van der Waals surface area contributed by atoms with Crippen molar-refractivity contribution in [3.63, 3.8) is 0 Å². The molecule has 2 atom stereocenters. The monoisotopic (exact) mass is 969 g/mol. The Bertz CT molecular complexity index is 1100. The van der Waals surface area contributed by atoms with Crippen molar-refractivity contribution in [3.8, 4) is 0 Å². The van der Waals surface area contributed by atoms with Crippen LogP contribution in [0.25, 0.3) is 0 Å². The van der Waals surface area contributed by atoms with Gasteiger partial charge >= 0.3 is 19.8 Å². The molecule has 0 spiro atoms. The lowest BCUT2D eigenvalue weighted by Crippen LogP contribution is -2.29. The molecule has 0 amide bonds. The van der Waals surface area contributed by atoms with E-state index < -0.39 is 19.9 Å². The van der Waals surface area contributed by atoms with E-state index in [0.717, 1.165) is 38.5 Å². The predicted molar refractivity (Wildman–Crippen MR) is 286 cm³/mol. The third-order valence-electron chi connectivity index (χ3n) is 13.3. The molecule has 398 valence electrons. The first-order valence-corrected chi connectivity index (χ1v) is 31.0. The third kappa shape index (κ3) is 54.0. The van der Waals surface area contributed by atoms with Gasteiger partial charge in [0.05, 0.1) is 13.2 Å². The average Bonchev–Trinajstić information content (AvgIpc) is 3.31. The van der Waals surface area contributed by atoms with Crippen LogP contribution in [0.1, 0.15) is 323 Å². The first-order chi connectivity index (χ1) is 32.8. The number of carbonyl (C=O) groups is 2. The molecule has 0 saturated heterocycles. The first kappa shape index (κ1) is 65.8. The average molecular weight is 970 g/mol. The van der Waals surface area contributed by atoms with Crippen LogP contribution in [0.15, 0.2) is 12.2 Å². The van der Waals surface area contributed by atoms with E-state index in [1.807, 2.05) is 0 Å². The lowest BCUT2D eigenvalue weighted by molar-refractivity contribution is -0.161. The summed E-state index contributed by atoms with van der Waals surface area (Å²) >= 11 is 0. The zero-order valence-corrected chi connectivity index (χ0v) is 45.7. The summed E-state index contributed by atoms with van der Waals surface area (Å²) < 4.78 is 32.9. The van der Waals surface area contributed by atoms with Gasteiger partial charge in [-0.2, -0.15) is 0 Å². The van der Waals surface area contributed by atoms with Crippen LogP contribution in [0.4, 0.5) is 0 Å². The van der Waals surface area contributed by atoms with E-state index in [-0.39, 0.29) is 32.2 Å². The van der Waals surface area contributed by atoms with Crippen LogP contribution in [0.2, 0.25) is 0 Å². The minimum Gasteiger partial charge on any atom is -0.462 e. The van der Waals surface area contributed by atoms with Crippen LogP contribution in [-0.2, 0) is 32.7 Å². The number of unbranched alkanes of at least 4 members (excludes halogenated alkanes) is 42. The van der Waals surface area contributed by atoms with E-state index >= 15 is 0 Å². The molecular formula is C58H113O8P. The molecule has 0 aromatic heterocycles. The number of carbonyl (C=O) groups excluding carboxylic acids is 2. The molecule has 0 aliphatic heterocycles. The van der Waals surface area contributed by atoms with Gasteiger partial charge in [0, 0.05) is 12.8 Å². The van der Waals surface area contributed by atoms with Crippen molar-refractivity contribution in [2.45, 2.75) is 329 Å². The molecule has 8 nitrogen and oxygen atoms in total. The maximum Gasteiger partial charge on any atom is 0.472 e. The molecule has 0 fully saturated rings. The second kappa shape index (κ2) is 54.1. The molecule has 0 aliphatic rings. The summed E-state index contributed by atoms with van der Waals surface area (Å²) in [5.41, 5.74) is 0. The molecular weight excluding hydrogens is 856 g/mol. The number of ether oxygens (including phenoxy) is 2. The summed E-state index contributed by atoms with van der Waals surface area (Å²) in [5, 5.41) is 0. The Morgan fingerprint density at radius 3 is 0.985 bits per heavy atom. The first-order valence-electron chi connectivity index (χ1n) is 29.5. The topological polar surface area (TPSA) is 108 Å². The number of rotatable bonds is 56. The second-order valence-electron chi connectivity index (χ2n) is 20.0. The van der Waals surface area contributed by atoms with E-state index in [1.165, 1.54) is 250 Å². The van der Waals surface area contributed by atoms with Gasteiger partial charge in [0.25, 0.3) is 0 Å². The number of hydrogen-bond acceptors (Lipinski definition) is 7. The number of phosphoric acid groups is 1. The van der Waals surface area contributed by atoms with Crippen molar-refractivity contribution in [2.75, 3.05) is 19.8 Å². The maximum absolute atomic E-state index is 12.7. The Morgan fingerprint density at radius 1 is 0.388 bits per heavy atom. The molecule has 0 aromatic rings. The lowest BCUT2D eigenvalue weighted by Gasteiger charge is -2.19. The second-order valence-corrected chi connectivity index (χ2v) is 21.5. The minimum absolute atomic E-state index is 0.00432. The van der Waals surface area contributed by atoms with Crippen molar-refractivity contribution in [3.05, 3.63) is 12.2 Å². The number of hydrogen-bond donors (Lipinski definition) is 1. The summed E-state index contributed by atoms with van der Waals surface area (Å²) in [7, 11) is -4.29. The number of phosphoric ester groups is 1. The summed E-state index contributed by atoms with van der Waals surface area (Å²) in [6.07, 6.45) is 63.0. The Morgan fingerprint density at radius 2 is 0.672 bits per heavy atom. The molecule has 67 heavy (non-hydrogen) atoms. The normalized spacial score (nSPS) is 13.1. The molecule has 2 unspecified atom stereocenters. The molecule has 0 bridgehead atoms. The molecule has 0 aromatic carbocycles. The van der Waals surface area contributed by atoms with Gasteiger partial charge in [0.1, 0.15) is 6.61 Å². The van der Waals surface area contributed by atoms with Gasteiger partial charge in [-0.25, -0.2) is 4.57 Å². The van der Waals surface area contributed by atoms with Crippen molar-refractivity contribution >= 4 is 19.8 Å². The summed E-state index contributed by atoms with van der Waals surface area (Å²) in [6, 6.07) is 0. The highest BCUT2D eigenvalue weighted by Crippen LogP contribution is 2.43. The van der Waals surface area contributed by atoms with E-state index in [1.54, 1.807) is 6.92 Å². The largest absolute Gasteiger partial charge is 0.472 e. The van der Waals surface area contributed by atoms with Crippen molar-refractivity contribution < 1.29 is 37.6 Å². The Kier molecular flexibility index (Phi) is 53.2. The highest BCUT2D eigenvalue weighted by atomic mass is 31.2. The summed E-state index contributed by atoms with van der Waals surface area (Å²) in [4.78, 5) is 35.1.